The molecule has 22 heavy (non-hydrogen) atoms. The lowest BCUT2D eigenvalue weighted by molar-refractivity contribution is 0.0115. The van der Waals surface area contributed by atoms with Gasteiger partial charge in [0.25, 0.3) is 0 Å². The number of carbonyl (C=O) groups excluding carboxylic acids is 1. The first-order valence-corrected chi connectivity index (χ1v) is 8.92. The summed E-state index contributed by atoms with van der Waals surface area (Å²) >= 11 is 3.29. The second-order valence-corrected chi connectivity index (χ2v) is 7.54. The van der Waals surface area contributed by atoms with Crippen LogP contribution in [0.25, 0.3) is 0 Å². The summed E-state index contributed by atoms with van der Waals surface area (Å²) in [7, 11) is 0. The van der Waals surface area contributed by atoms with Crippen LogP contribution in [0.3, 0.4) is 0 Å². The van der Waals surface area contributed by atoms with Crippen molar-refractivity contribution in [1.82, 2.24) is 15.2 Å². The number of aryl methyl sites for hydroxylation is 2. The zero-order valence-electron chi connectivity index (χ0n) is 12.7. The fourth-order valence-electron chi connectivity index (χ4n) is 2.42. The van der Waals surface area contributed by atoms with Crippen molar-refractivity contribution in [1.29, 1.82) is 0 Å². The van der Waals surface area contributed by atoms with Crippen LogP contribution in [0.15, 0.2) is 17.5 Å². The second-order valence-electron chi connectivity index (χ2n) is 5.28. The molecule has 1 fully saturated rings. The van der Waals surface area contributed by atoms with Crippen molar-refractivity contribution in [2.45, 2.75) is 26.4 Å². The van der Waals surface area contributed by atoms with Crippen LogP contribution in [0.2, 0.25) is 0 Å². The van der Waals surface area contributed by atoms with E-state index in [4.69, 9.17) is 4.74 Å². The van der Waals surface area contributed by atoms with Crippen LogP contribution >= 0.6 is 22.7 Å². The molecule has 0 saturated carbocycles. The van der Waals surface area contributed by atoms with Gasteiger partial charge in [-0.15, -0.1) is 22.7 Å². The van der Waals surface area contributed by atoms with E-state index in [1.807, 2.05) is 17.2 Å². The number of rotatable bonds is 3. The molecule has 2 amide bonds. The Balaban J connectivity index is 1.66. The average Bonchev–Trinajstić information content (AvgIpc) is 3.13. The van der Waals surface area contributed by atoms with Crippen molar-refractivity contribution in [3.63, 3.8) is 0 Å². The number of thiophene rings is 1. The van der Waals surface area contributed by atoms with Crippen molar-refractivity contribution >= 4 is 28.7 Å². The van der Waals surface area contributed by atoms with E-state index in [9.17, 15) is 4.79 Å². The summed E-state index contributed by atoms with van der Waals surface area (Å²) in [6.07, 6.45) is 0. The number of thiazole rings is 1. The van der Waals surface area contributed by atoms with Gasteiger partial charge in [-0.25, -0.2) is 9.78 Å². The van der Waals surface area contributed by atoms with Gasteiger partial charge in [0, 0.05) is 27.4 Å². The van der Waals surface area contributed by atoms with Gasteiger partial charge >= 0.3 is 6.03 Å². The molecule has 3 heterocycles. The van der Waals surface area contributed by atoms with Gasteiger partial charge in [-0.2, -0.15) is 0 Å². The van der Waals surface area contributed by atoms with Crippen LogP contribution < -0.4 is 5.32 Å². The van der Waals surface area contributed by atoms with Crippen molar-refractivity contribution in [3.05, 3.63) is 38.0 Å². The fourth-order valence-corrected chi connectivity index (χ4v) is 4.14. The first-order valence-electron chi connectivity index (χ1n) is 7.23. The van der Waals surface area contributed by atoms with E-state index < -0.39 is 0 Å². The van der Waals surface area contributed by atoms with Crippen LogP contribution in [-0.4, -0.2) is 35.7 Å². The third kappa shape index (κ3) is 3.48. The molecule has 5 nitrogen and oxygen atoms in total. The van der Waals surface area contributed by atoms with E-state index in [1.165, 1.54) is 9.75 Å². The number of urea groups is 1. The Morgan fingerprint density at radius 2 is 2.36 bits per heavy atom. The first-order chi connectivity index (χ1) is 10.6. The molecule has 118 valence electrons. The molecule has 0 aliphatic carbocycles. The highest BCUT2D eigenvalue weighted by Crippen LogP contribution is 2.27. The van der Waals surface area contributed by atoms with Crippen molar-refractivity contribution in [2.24, 2.45) is 0 Å². The van der Waals surface area contributed by atoms with Gasteiger partial charge in [-0.1, -0.05) is 0 Å². The van der Waals surface area contributed by atoms with Gasteiger partial charge in [0.15, 0.2) is 0 Å². The maximum absolute atomic E-state index is 12.5. The third-order valence-electron chi connectivity index (χ3n) is 3.52. The van der Waals surface area contributed by atoms with E-state index in [0.29, 0.717) is 26.3 Å². The number of amides is 2. The lowest BCUT2D eigenvalue weighted by atomic mass is 10.2. The smallest absolute Gasteiger partial charge is 0.318 e. The average molecular weight is 337 g/mol. The Hall–Kier alpha value is -1.44. The Labute approximate surface area is 137 Å². The molecule has 1 saturated heterocycles. The van der Waals surface area contributed by atoms with Crippen LogP contribution in [0.5, 0.6) is 0 Å². The van der Waals surface area contributed by atoms with Gasteiger partial charge < -0.3 is 15.0 Å². The highest BCUT2D eigenvalue weighted by Gasteiger charge is 2.30. The summed E-state index contributed by atoms with van der Waals surface area (Å²) in [6.45, 7) is 6.29. The number of carbonyl (C=O) groups is 1. The molecule has 0 radical (unpaired) electrons. The Morgan fingerprint density at radius 3 is 3.05 bits per heavy atom. The number of ether oxygens (including phenoxy) is 1. The largest absolute Gasteiger partial charge is 0.377 e. The lowest BCUT2D eigenvalue weighted by Crippen LogP contribution is -2.47. The molecule has 2 aromatic heterocycles. The monoisotopic (exact) mass is 337 g/mol. The molecule has 1 atom stereocenters. The molecule has 0 aromatic carbocycles. The first kappa shape index (κ1) is 15.5. The Bertz CT molecular complexity index is 653. The SMILES string of the molecule is Cc1csc([C@H]2COCCN2C(=O)NCc2ccc(C)s2)n1. The molecule has 2 aromatic rings. The predicted octanol–water partition coefficient (Wildman–Crippen LogP) is 3.10. The van der Waals surface area contributed by atoms with E-state index in [2.05, 4.69) is 29.4 Å². The molecular formula is C15H19N3O2S2. The summed E-state index contributed by atoms with van der Waals surface area (Å²) in [5.74, 6) is 0. The zero-order chi connectivity index (χ0) is 15.5. The minimum atomic E-state index is -0.0856. The molecule has 3 rings (SSSR count). The molecule has 0 spiro atoms. The van der Waals surface area contributed by atoms with Crippen molar-refractivity contribution in [2.75, 3.05) is 19.8 Å². The van der Waals surface area contributed by atoms with Crippen LogP contribution in [0.4, 0.5) is 4.79 Å². The summed E-state index contributed by atoms with van der Waals surface area (Å²) in [5.41, 5.74) is 0.986. The summed E-state index contributed by atoms with van der Waals surface area (Å²) in [5, 5.41) is 5.96. The molecule has 0 bridgehead atoms. The normalized spacial score (nSPS) is 18.5. The maximum atomic E-state index is 12.5. The topological polar surface area (TPSA) is 54.5 Å². The predicted molar refractivity (Wildman–Crippen MR) is 88.4 cm³/mol. The van der Waals surface area contributed by atoms with Gasteiger partial charge in [-0.05, 0) is 26.0 Å². The van der Waals surface area contributed by atoms with Gasteiger partial charge in [0.2, 0.25) is 0 Å². The second kappa shape index (κ2) is 6.76. The minimum Gasteiger partial charge on any atom is -0.377 e. The van der Waals surface area contributed by atoms with Gasteiger partial charge in [0.05, 0.1) is 19.8 Å². The molecule has 0 unspecified atom stereocenters. The summed E-state index contributed by atoms with van der Waals surface area (Å²) in [6, 6.07) is 3.99. The Kier molecular flexibility index (Phi) is 4.75. The number of morpholine rings is 1. The van der Waals surface area contributed by atoms with Crippen LogP contribution in [-0.2, 0) is 11.3 Å². The maximum Gasteiger partial charge on any atom is 0.318 e. The highest BCUT2D eigenvalue weighted by atomic mass is 32.1. The summed E-state index contributed by atoms with van der Waals surface area (Å²) < 4.78 is 5.54. The van der Waals surface area contributed by atoms with E-state index in [1.54, 1.807) is 22.7 Å². The van der Waals surface area contributed by atoms with Crippen molar-refractivity contribution < 1.29 is 9.53 Å². The van der Waals surface area contributed by atoms with E-state index in [-0.39, 0.29) is 12.1 Å². The van der Waals surface area contributed by atoms with E-state index in [0.717, 1.165) is 10.7 Å². The number of aromatic nitrogens is 1. The summed E-state index contributed by atoms with van der Waals surface area (Å²) in [4.78, 5) is 21.3. The van der Waals surface area contributed by atoms with Crippen LogP contribution in [0, 0.1) is 13.8 Å². The number of nitrogens with one attached hydrogen (secondary N) is 1. The lowest BCUT2D eigenvalue weighted by Gasteiger charge is -2.34. The quantitative estimate of drug-likeness (QED) is 0.936. The number of hydrogen-bond acceptors (Lipinski definition) is 5. The molecule has 1 aliphatic rings. The number of nitrogens with zero attached hydrogens (tertiary/aromatic N) is 2. The van der Waals surface area contributed by atoms with Gasteiger partial charge in [-0.3, -0.25) is 0 Å². The van der Waals surface area contributed by atoms with E-state index >= 15 is 0 Å². The third-order valence-corrected chi connectivity index (χ3v) is 5.59. The minimum absolute atomic E-state index is 0.0489. The molecular weight excluding hydrogens is 318 g/mol. The van der Waals surface area contributed by atoms with Gasteiger partial charge in [0.1, 0.15) is 11.0 Å². The van der Waals surface area contributed by atoms with Crippen molar-refractivity contribution in [3.8, 4) is 0 Å². The Morgan fingerprint density at radius 1 is 1.50 bits per heavy atom. The highest BCUT2D eigenvalue weighted by molar-refractivity contribution is 7.11. The zero-order valence-corrected chi connectivity index (χ0v) is 14.3. The number of hydrogen-bond donors (Lipinski definition) is 1. The molecule has 1 aliphatic heterocycles. The van der Waals surface area contributed by atoms with Crippen LogP contribution in [0.1, 0.15) is 26.5 Å². The molecule has 1 N–H and O–H groups in total. The fraction of sp³-hybridized carbons (Fsp3) is 0.467. The molecule has 7 heteroatoms. The standard InChI is InChI=1S/C15H19N3O2S2/c1-10-9-21-14(17-10)13-8-20-6-5-18(13)15(19)16-7-12-4-3-11(2)22-12/h3-4,9,13H,5-8H2,1-2H3,(H,16,19)/t13-/m1/s1.